The van der Waals surface area contributed by atoms with Crippen molar-refractivity contribution in [2.24, 2.45) is 5.16 Å². The van der Waals surface area contributed by atoms with Crippen molar-refractivity contribution >= 4 is 11.7 Å². The van der Waals surface area contributed by atoms with Crippen molar-refractivity contribution in [2.75, 3.05) is 0 Å². The molecule has 7 nitrogen and oxygen atoms in total. The number of phenolic OH excluding ortho intramolecular Hbond substituents is 1. The van der Waals surface area contributed by atoms with Crippen LogP contribution in [-0.4, -0.2) is 28.1 Å². The third kappa shape index (κ3) is 3.82. The van der Waals surface area contributed by atoms with Crippen LogP contribution in [0.15, 0.2) is 53.7 Å². The molecule has 0 saturated carbocycles. The average Bonchev–Trinajstić information content (AvgIpc) is 3.04. The van der Waals surface area contributed by atoms with E-state index >= 15 is 0 Å². The van der Waals surface area contributed by atoms with Gasteiger partial charge in [0.05, 0.1) is 12.1 Å². The van der Waals surface area contributed by atoms with Gasteiger partial charge in [-0.3, -0.25) is 4.79 Å². The molecule has 124 valence electrons. The number of ether oxygens (including phenoxy) is 1. The second kappa shape index (κ2) is 7.01. The van der Waals surface area contributed by atoms with E-state index in [1.165, 1.54) is 24.3 Å². The minimum Gasteiger partial charge on any atom is -0.508 e. The number of hydrogen-bond donors (Lipinski definition) is 2. The largest absolute Gasteiger partial charge is 0.508 e. The number of esters is 1. The quantitative estimate of drug-likeness (QED) is 0.379. The zero-order valence-corrected chi connectivity index (χ0v) is 12.6. The molecule has 2 aromatic carbocycles. The number of aromatic hydroxyl groups is 1. The fourth-order valence-corrected chi connectivity index (χ4v) is 2.29. The Morgan fingerprint density at radius 2 is 1.79 bits per heavy atom. The topological polar surface area (TPSA) is 97.6 Å². The van der Waals surface area contributed by atoms with Gasteiger partial charge in [0.1, 0.15) is 17.6 Å². The lowest BCUT2D eigenvalue weighted by Crippen LogP contribution is -2.18. The SMILES string of the molecule is O=C(CC1CC(c2ccc(O)cc2)=NO1)Oc1ccc(OO)cc1. The van der Waals surface area contributed by atoms with Crippen molar-refractivity contribution in [3.8, 4) is 17.2 Å². The Morgan fingerprint density at radius 1 is 1.12 bits per heavy atom. The van der Waals surface area contributed by atoms with E-state index in [-0.39, 0.29) is 24.0 Å². The van der Waals surface area contributed by atoms with Crippen LogP contribution < -0.4 is 9.62 Å². The summed E-state index contributed by atoms with van der Waals surface area (Å²) in [6, 6.07) is 12.6. The summed E-state index contributed by atoms with van der Waals surface area (Å²) < 4.78 is 5.19. The molecular weight excluding hydrogens is 314 g/mol. The first-order chi connectivity index (χ1) is 11.6. The van der Waals surface area contributed by atoms with Crippen LogP contribution in [0.2, 0.25) is 0 Å². The molecule has 1 atom stereocenters. The number of benzene rings is 2. The standard InChI is InChI=1S/C17H15NO6/c19-12-3-1-11(2-4-12)16-9-15(23-18-16)10-17(20)22-13-5-7-14(24-21)8-6-13/h1-8,15,19,21H,9-10H2. The third-order valence-corrected chi connectivity index (χ3v) is 3.49. The van der Waals surface area contributed by atoms with Crippen LogP contribution in [0, 0.1) is 0 Å². The van der Waals surface area contributed by atoms with Gasteiger partial charge >= 0.3 is 5.97 Å². The summed E-state index contributed by atoms with van der Waals surface area (Å²) in [5, 5.41) is 21.8. The number of rotatable bonds is 5. The van der Waals surface area contributed by atoms with Crippen LogP contribution in [0.4, 0.5) is 0 Å². The number of nitrogens with zero attached hydrogens (tertiary/aromatic N) is 1. The molecule has 0 aliphatic carbocycles. The maximum absolute atomic E-state index is 11.9. The summed E-state index contributed by atoms with van der Waals surface area (Å²) in [5.74, 6) is 0.329. The molecule has 1 aliphatic heterocycles. The van der Waals surface area contributed by atoms with E-state index in [1.807, 2.05) is 0 Å². The Bertz CT molecular complexity index is 739. The van der Waals surface area contributed by atoms with E-state index in [4.69, 9.17) is 14.8 Å². The molecule has 1 aliphatic rings. The average molecular weight is 329 g/mol. The highest BCUT2D eigenvalue weighted by Crippen LogP contribution is 2.22. The summed E-state index contributed by atoms with van der Waals surface area (Å²) in [7, 11) is 0. The van der Waals surface area contributed by atoms with Gasteiger partial charge in [-0.05, 0) is 54.1 Å². The molecule has 2 aromatic rings. The van der Waals surface area contributed by atoms with Crippen LogP contribution >= 0.6 is 0 Å². The van der Waals surface area contributed by atoms with Crippen molar-refractivity contribution in [3.05, 3.63) is 54.1 Å². The molecular formula is C17H15NO6. The molecule has 3 rings (SSSR count). The van der Waals surface area contributed by atoms with Crippen LogP contribution in [0.1, 0.15) is 18.4 Å². The molecule has 2 N–H and O–H groups in total. The molecule has 0 saturated heterocycles. The van der Waals surface area contributed by atoms with Gasteiger partial charge in [0.2, 0.25) is 0 Å². The normalized spacial score (nSPS) is 16.2. The lowest BCUT2D eigenvalue weighted by Gasteiger charge is -2.08. The summed E-state index contributed by atoms with van der Waals surface area (Å²) in [5.41, 5.74) is 1.56. The van der Waals surface area contributed by atoms with Crippen molar-refractivity contribution in [1.29, 1.82) is 0 Å². The predicted molar refractivity (Wildman–Crippen MR) is 84.1 cm³/mol. The lowest BCUT2D eigenvalue weighted by molar-refractivity contribution is -0.138. The highest BCUT2D eigenvalue weighted by molar-refractivity contribution is 6.01. The van der Waals surface area contributed by atoms with E-state index in [9.17, 15) is 9.90 Å². The summed E-state index contributed by atoms with van der Waals surface area (Å²) in [6.45, 7) is 0. The second-order valence-electron chi connectivity index (χ2n) is 5.26. The van der Waals surface area contributed by atoms with E-state index in [2.05, 4.69) is 10.0 Å². The fourth-order valence-electron chi connectivity index (χ4n) is 2.29. The molecule has 0 aromatic heterocycles. The summed E-state index contributed by atoms with van der Waals surface area (Å²) in [6.07, 6.45) is 0.155. The Balaban J connectivity index is 1.52. The molecule has 1 heterocycles. The number of carbonyl (C=O) groups is 1. The monoisotopic (exact) mass is 329 g/mol. The molecule has 0 fully saturated rings. The van der Waals surface area contributed by atoms with Gasteiger partial charge in [-0.15, -0.1) is 0 Å². The molecule has 0 bridgehead atoms. The Labute approximate surface area is 137 Å². The Hall–Kier alpha value is -3.06. The fraction of sp³-hybridized carbons (Fsp3) is 0.176. The Kier molecular flexibility index (Phi) is 4.62. The van der Waals surface area contributed by atoms with Crippen LogP contribution in [0.5, 0.6) is 17.2 Å². The second-order valence-corrected chi connectivity index (χ2v) is 5.26. The van der Waals surface area contributed by atoms with Gasteiger partial charge in [-0.1, -0.05) is 5.16 Å². The first-order valence-electron chi connectivity index (χ1n) is 7.28. The number of oxime groups is 1. The van der Waals surface area contributed by atoms with Gasteiger partial charge in [-0.2, -0.15) is 0 Å². The molecule has 0 spiro atoms. The summed E-state index contributed by atoms with van der Waals surface area (Å²) in [4.78, 5) is 21.3. The first kappa shape index (κ1) is 15.8. The third-order valence-electron chi connectivity index (χ3n) is 3.49. The number of carbonyl (C=O) groups excluding carboxylic acids is 1. The van der Waals surface area contributed by atoms with E-state index < -0.39 is 5.97 Å². The summed E-state index contributed by atoms with van der Waals surface area (Å²) >= 11 is 0. The molecule has 0 radical (unpaired) electrons. The smallest absolute Gasteiger partial charge is 0.315 e. The van der Waals surface area contributed by atoms with Gasteiger partial charge in [0.25, 0.3) is 0 Å². The van der Waals surface area contributed by atoms with Gasteiger partial charge < -0.3 is 19.6 Å². The van der Waals surface area contributed by atoms with Crippen LogP contribution in [0.3, 0.4) is 0 Å². The van der Waals surface area contributed by atoms with E-state index in [0.29, 0.717) is 12.2 Å². The van der Waals surface area contributed by atoms with Crippen molar-refractivity contribution < 1.29 is 29.6 Å². The van der Waals surface area contributed by atoms with E-state index in [0.717, 1.165) is 11.3 Å². The zero-order valence-electron chi connectivity index (χ0n) is 12.6. The van der Waals surface area contributed by atoms with Crippen LogP contribution in [-0.2, 0) is 9.63 Å². The molecule has 24 heavy (non-hydrogen) atoms. The van der Waals surface area contributed by atoms with Gasteiger partial charge in [-0.25, -0.2) is 5.26 Å². The van der Waals surface area contributed by atoms with Crippen molar-refractivity contribution in [1.82, 2.24) is 0 Å². The zero-order chi connectivity index (χ0) is 16.9. The highest BCUT2D eigenvalue weighted by atomic mass is 17.1. The van der Waals surface area contributed by atoms with E-state index in [1.54, 1.807) is 24.3 Å². The van der Waals surface area contributed by atoms with Gasteiger partial charge in [0.15, 0.2) is 5.75 Å². The van der Waals surface area contributed by atoms with Crippen molar-refractivity contribution in [2.45, 2.75) is 18.9 Å². The minimum atomic E-state index is -0.445. The molecule has 0 amide bonds. The Morgan fingerprint density at radius 3 is 2.46 bits per heavy atom. The van der Waals surface area contributed by atoms with Crippen LogP contribution in [0.25, 0.3) is 0 Å². The molecule has 1 unspecified atom stereocenters. The maximum atomic E-state index is 11.9. The molecule has 7 heteroatoms. The number of phenols is 1. The predicted octanol–water partition coefficient (Wildman–Crippen LogP) is 2.73. The maximum Gasteiger partial charge on any atom is 0.315 e. The first-order valence-corrected chi connectivity index (χ1v) is 7.28. The van der Waals surface area contributed by atoms with Gasteiger partial charge in [0, 0.05) is 6.42 Å². The van der Waals surface area contributed by atoms with Crippen molar-refractivity contribution in [3.63, 3.8) is 0 Å². The lowest BCUT2D eigenvalue weighted by atomic mass is 10.0. The minimum absolute atomic E-state index is 0.0589. The number of hydrogen-bond acceptors (Lipinski definition) is 7. The highest BCUT2D eigenvalue weighted by Gasteiger charge is 2.25.